The first kappa shape index (κ1) is 18.8. The Bertz CT molecular complexity index is 803. The molecule has 128 valence electrons. The van der Waals surface area contributed by atoms with Crippen molar-refractivity contribution in [2.75, 3.05) is 5.75 Å². The number of hydrogen-bond donors (Lipinski definition) is 1. The molecule has 24 heavy (non-hydrogen) atoms. The summed E-state index contributed by atoms with van der Waals surface area (Å²) in [7, 11) is -3.52. The molecule has 2 rings (SSSR count). The van der Waals surface area contributed by atoms with Gasteiger partial charge in [0.05, 0.1) is 16.7 Å². The zero-order valence-electron chi connectivity index (χ0n) is 13.0. The monoisotopic (exact) mass is 385 g/mol. The van der Waals surface area contributed by atoms with Crippen molar-refractivity contribution in [1.29, 1.82) is 0 Å². The van der Waals surface area contributed by atoms with E-state index in [1.807, 2.05) is 19.1 Å². The van der Waals surface area contributed by atoms with E-state index in [1.54, 1.807) is 12.1 Å². The van der Waals surface area contributed by atoms with Crippen LogP contribution in [-0.2, 0) is 14.6 Å². The number of halogens is 2. The lowest BCUT2D eigenvalue weighted by Gasteiger charge is -2.14. The van der Waals surface area contributed by atoms with Gasteiger partial charge in [0.15, 0.2) is 9.84 Å². The van der Waals surface area contributed by atoms with E-state index < -0.39 is 9.84 Å². The minimum Gasteiger partial charge on any atom is -0.350 e. The van der Waals surface area contributed by atoms with Crippen LogP contribution in [0, 0.1) is 0 Å². The fraction of sp³-hybridized carbons (Fsp3) is 0.235. The summed E-state index contributed by atoms with van der Waals surface area (Å²) in [6.45, 7) is 1.83. The summed E-state index contributed by atoms with van der Waals surface area (Å²) in [5.74, 6) is -0.580. The minimum atomic E-state index is -3.52. The Morgan fingerprint density at radius 1 is 1.00 bits per heavy atom. The van der Waals surface area contributed by atoms with Crippen LogP contribution in [-0.4, -0.2) is 20.1 Å². The van der Waals surface area contributed by atoms with Crippen molar-refractivity contribution in [3.05, 3.63) is 64.1 Å². The second-order valence-corrected chi connectivity index (χ2v) is 8.35. The Kier molecular flexibility index (Phi) is 6.27. The number of hydrogen-bond acceptors (Lipinski definition) is 3. The molecule has 0 heterocycles. The van der Waals surface area contributed by atoms with Crippen LogP contribution < -0.4 is 5.32 Å². The highest BCUT2D eigenvalue weighted by Crippen LogP contribution is 2.18. The standard InChI is InChI=1S/C17H17Cl2NO3S/c1-12(13-2-4-14(18)5-3-13)20-17(21)10-11-24(22,23)16-8-6-15(19)7-9-16/h2-9,12H,10-11H2,1H3,(H,20,21). The average molecular weight is 386 g/mol. The molecule has 0 aliphatic rings. The minimum absolute atomic E-state index is 0.108. The van der Waals surface area contributed by atoms with Crippen LogP contribution in [0.1, 0.15) is 24.9 Å². The largest absolute Gasteiger partial charge is 0.350 e. The lowest BCUT2D eigenvalue weighted by Crippen LogP contribution is -2.28. The van der Waals surface area contributed by atoms with Gasteiger partial charge in [-0.15, -0.1) is 0 Å². The van der Waals surface area contributed by atoms with Gasteiger partial charge < -0.3 is 5.32 Å². The second kappa shape index (κ2) is 8.01. The number of sulfone groups is 1. The maximum absolute atomic E-state index is 12.2. The molecule has 0 saturated carbocycles. The topological polar surface area (TPSA) is 63.2 Å². The molecule has 0 radical (unpaired) electrons. The third-order valence-electron chi connectivity index (χ3n) is 3.52. The normalized spacial score (nSPS) is 12.6. The SMILES string of the molecule is CC(NC(=O)CCS(=O)(=O)c1ccc(Cl)cc1)c1ccc(Cl)cc1. The molecule has 2 aromatic rings. The molecule has 1 N–H and O–H groups in total. The second-order valence-electron chi connectivity index (χ2n) is 5.36. The highest BCUT2D eigenvalue weighted by Gasteiger charge is 2.17. The fourth-order valence-electron chi connectivity index (χ4n) is 2.14. The molecule has 0 spiro atoms. The van der Waals surface area contributed by atoms with Crippen molar-refractivity contribution in [3.8, 4) is 0 Å². The van der Waals surface area contributed by atoms with E-state index >= 15 is 0 Å². The zero-order chi connectivity index (χ0) is 17.7. The number of rotatable bonds is 6. The lowest BCUT2D eigenvalue weighted by molar-refractivity contribution is -0.121. The highest BCUT2D eigenvalue weighted by molar-refractivity contribution is 7.91. The summed E-state index contributed by atoms with van der Waals surface area (Å²) < 4.78 is 24.4. The van der Waals surface area contributed by atoms with Crippen molar-refractivity contribution < 1.29 is 13.2 Å². The molecule has 0 aliphatic carbocycles. The van der Waals surface area contributed by atoms with Crippen molar-refractivity contribution in [2.45, 2.75) is 24.3 Å². The van der Waals surface area contributed by atoms with Crippen LogP contribution >= 0.6 is 23.2 Å². The Balaban J connectivity index is 1.92. The van der Waals surface area contributed by atoms with Gasteiger partial charge in [0.2, 0.25) is 5.91 Å². The lowest BCUT2D eigenvalue weighted by atomic mass is 10.1. The summed E-state index contributed by atoms with van der Waals surface area (Å²) in [5.41, 5.74) is 0.897. The summed E-state index contributed by atoms with van der Waals surface area (Å²) >= 11 is 11.6. The maximum atomic E-state index is 12.2. The Hall–Kier alpha value is -1.56. The molecular weight excluding hydrogens is 369 g/mol. The van der Waals surface area contributed by atoms with E-state index in [2.05, 4.69) is 5.32 Å². The Morgan fingerprint density at radius 3 is 2.04 bits per heavy atom. The molecule has 0 fully saturated rings. The van der Waals surface area contributed by atoms with Crippen LogP contribution in [0.25, 0.3) is 0 Å². The number of benzene rings is 2. The van der Waals surface area contributed by atoms with Gasteiger partial charge in [0.25, 0.3) is 0 Å². The molecule has 0 aromatic heterocycles. The smallest absolute Gasteiger partial charge is 0.221 e. The summed E-state index contributed by atoms with van der Waals surface area (Å²) in [6, 6.07) is 12.8. The van der Waals surface area contributed by atoms with Gasteiger partial charge in [-0.05, 0) is 48.9 Å². The molecule has 0 saturated heterocycles. The van der Waals surface area contributed by atoms with Gasteiger partial charge in [-0.1, -0.05) is 35.3 Å². The molecular formula is C17H17Cl2NO3S. The van der Waals surface area contributed by atoms with Crippen molar-refractivity contribution in [3.63, 3.8) is 0 Å². The molecule has 2 aromatic carbocycles. The van der Waals surface area contributed by atoms with Crippen molar-refractivity contribution in [1.82, 2.24) is 5.32 Å². The Labute approximate surface area is 151 Å². The van der Waals surface area contributed by atoms with E-state index in [0.29, 0.717) is 10.0 Å². The van der Waals surface area contributed by atoms with Crippen molar-refractivity contribution in [2.24, 2.45) is 0 Å². The number of carbonyl (C=O) groups is 1. The predicted molar refractivity (Wildman–Crippen MR) is 96.1 cm³/mol. The number of amides is 1. The molecule has 1 unspecified atom stereocenters. The predicted octanol–water partition coefficient (Wildman–Crippen LogP) is 4.03. The number of carbonyl (C=O) groups excluding carboxylic acids is 1. The highest BCUT2D eigenvalue weighted by atomic mass is 35.5. The van der Waals surface area contributed by atoms with Crippen molar-refractivity contribution >= 4 is 38.9 Å². The molecule has 0 bridgehead atoms. The molecule has 1 amide bonds. The average Bonchev–Trinajstić information content (AvgIpc) is 2.54. The van der Waals surface area contributed by atoms with E-state index in [0.717, 1.165) is 5.56 Å². The van der Waals surface area contributed by atoms with Gasteiger partial charge in [-0.2, -0.15) is 0 Å². The third kappa shape index (κ3) is 5.23. The summed E-state index contributed by atoms with van der Waals surface area (Å²) in [5, 5.41) is 3.86. The van der Waals surface area contributed by atoms with Gasteiger partial charge in [0, 0.05) is 16.5 Å². The summed E-state index contributed by atoms with van der Waals surface area (Å²) in [4.78, 5) is 12.2. The first-order valence-electron chi connectivity index (χ1n) is 7.31. The Morgan fingerprint density at radius 2 is 1.50 bits per heavy atom. The van der Waals surface area contributed by atoms with Crippen LogP contribution in [0.15, 0.2) is 53.4 Å². The summed E-state index contributed by atoms with van der Waals surface area (Å²) in [6.07, 6.45) is -0.108. The fourth-order valence-corrected chi connectivity index (χ4v) is 3.63. The first-order chi connectivity index (χ1) is 11.3. The molecule has 0 aliphatic heterocycles. The van der Waals surface area contributed by atoms with Gasteiger partial charge in [0.1, 0.15) is 0 Å². The first-order valence-corrected chi connectivity index (χ1v) is 9.72. The van der Waals surface area contributed by atoms with Gasteiger partial charge in [-0.25, -0.2) is 8.42 Å². The molecule has 7 heteroatoms. The van der Waals surface area contributed by atoms with E-state index in [4.69, 9.17) is 23.2 Å². The van der Waals surface area contributed by atoms with Crippen LogP contribution in [0.4, 0.5) is 0 Å². The van der Waals surface area contributed by atoms with Crippen LogP contribution in [0.3, 0.4) is 0 Å². The third-order valence-corrected chi connectivity index (χ3v) is 5.75. The van der Waals surface area contributed by atoms with Crippen LogP contribution in [0.5, 0.6) is 0 Å². The van der Waals surface area contributed by atoms with E-state index in [-0.39, 0.29) is 29.0 Å². The molecule has 1 atom stereocenters. The van der Waals surface area contributed by atoms with E-state index in [1.165, 1.54) is 24.3 Å². The number of nitrogens with one attached hydrogen (secondary N) is 1. The van der Waals surface area contributed by atoms with Gasteiger partial charge in [-0.3, -0.25) is 4.79 Å². The quantitative estimate of drug-likeness (QED) is 0.815. The van der Waals surface area contributed by atoms with E-state index in [9.17, 15) is 13.2 Å². The zero-order valence-corrected chi connectivity index (χ0v) is 15.3. The maximum Gasteiger partial charge on any atom is 0.221 e. The van der Waals surface area contributed by atoms with Crippen LogP contribution in [0.2, 0.25) is 10.0 Å². The molecule has 4 nitrogen and oxygen atoms in total. The van der Waals surface area contributed by atoms with Gasteiger partial charge >= 0.3 is 0 Å².